The molecule has 0 aliphatic carbocycles. The fourth-order valence-electron chi connectivity index (χ4n) is 7.80. The average Bonchev–Trinajstić information content (AvgIpc) is 3.57. The Morgan fingerprint density at radius 2 is 0.846 bits per heavy atom. The number of aromatic nitrogens is 1. The normalized spacial score (nSPS) is 11.5. The third kappa shape index (κ3) is 5.12. The third-order valence-corrected chi connectivity index (χ3v) is 10.3. The van der Waals surface area contributed by atoms with Crippen molar-refractivity contribution >= 4 is 60.4 Å². The van der Waals surface area contributed by atoms with Crippen LogP contribution in [0.1, 0.15) is 0 Å². The van der Waals surface area contributed by atoms with Gasteiger partial charge >= 0.3 is 0 Å². The van der Waals surface area contributed by atoms with Crippen LogP contribution in [0.3, 0.4) is 0 Å². The highest BCUT2D eigenvalue weighted by molar-refractivity contribution is 6.19. The van der Waals surface area contributed by atoms with E-state index in [1.165, 1.54) is 65.6 Å². The number of rotatable bonds is 6. The van der Waals surface area contributed by atoms with Crippen LogP contribution in [-0.4, -0.2) is 4.57 Å². The summed E-state index contributed by atoms with van der Waals surface area (Å²) in [7, 11) is 0. The quantitative estimate of drug-likeness (QED) is 0.172. The van der Waals surface area contributed by atoms with Crippen LogP contribution in [0.15, 0.2) is 206 Å². The molecule has 0 aliphatic rings. The van der Waals surface area contributed by atoms with Gasteiger partial charge in [0.2, 0.25) is 0 Å². The van der Waals surface area contributed by atoms with Crippen molar-refractivity contribution in [1.29, 1.82) is 0 Å². The van der Waals surface area contributed by atoms with Gasteiger partial charge in [0.15, 0.2) is 0 Å². The van der Waals surface area contributed by atoms with E-state index in [0.29, 0.717) is 0 Å². The van der Waals surface area contributed by atoms with Gasteiger partial charge in [0, 0.05) is 38.9 Å². The van der Waals surface area contributed by atoms with Gasteiger partial charge in [0.25, 0.3) is 0 Å². The number of benzene rings is 9. The van der Waals surface area contributed by atoms with Gasteiger partial charge in [-0.1, -0.05) is 146 Å². The molecule has 2 heteroatoms. The molecule has 0 saturated heterocycles. The Kier molecular flexibility index (Phi) is 7.18. The van der Waals surface area contributed by atoms with E-state index in [9.17, 15) is 0 Å². The number of hydrogen-bond donors (Lipinski definition) is 0. The van der Waals surface area contributed by atoms with Gasteiger partial charge in [-0.15, -0.1) is 0 Å². The van der Waals surface area contributed by atoms with Gasteiger partial charge in [-0.2, -0.15) is 0 Å². The largest absolute Gasteiger partial charge is 0.310 e. The van der Waals surface area contributed by atoms with Crippen LogP contribution in [0.2, 0.25) is 0 Å². The van der Waals surface area contributed by atoms with Crippen LogP contribution >= 0.6 is 0 Å². The van der Waals surface area contributed by atoms with E-state index in [-0.39, 0.29) is 0 Å². The molecule has 0 spiro atoms. The van der Waals surface area contributed by atoms with E-state index in [1.807, 2.05) is 0 Å². The lowest BCUT2D eigenvalue weighted by atomic mass is 10.0. The zero-order valence-corrected chi connectivity index (χ0v) is 28.5. The minimum Gasteiger partial charge on any atom is -0.310 e. The maximum absolute atomic E-state index is 2.42. The molecule has 0 atom stereocenters. The van der Waals surface area contributed by atoms with Crippen molar-refractivity contribution in [3.63, 3.8) is 0 Å². The van der Waals surface area contributed by atoms with E-state index in [2.05, 4.69) is 216 Å². The molecule has 52 heavy (non-hydrogen) atoms. The fraction of sp³-hybridized carbons (Fsp3) is 0. The Bertz CT molecular complexity index is 2870. The van der Waals surface area contributed by atoms with E-state index in [0.717, 1.165) is 22.7 Å². The summed E-state index contributed by atoms with van der Waals surface area (Å²) in [5.41, 5.74) is 11.7. The van der Waals surface area contributed by atoms with Crippen LogP contribution in [0.4, 0.5) is 17.1 Å². The van der Waals surface area contributed by atoms with Gasteiger partial charge in [0.05, 0.1) is 11.0 Å². The predicted molar refractivity (Wildman–Crippen MR) is 221 cm³/mol. The molecule has 0 radical (unpaired) electrons. The van der Waals surface area contributed by atoms with Crippen molar-refractivity contribution in [2.24, 2.45) is 0 Å². The molecule has 244 valence electrons. The van der Waals surface area contributed by atoms with Crippen molar-refractivity contribution < 1.29 is 0 Å². The third-order valence-electron chi connectivity index (χ3n) is 10.3. The lowest BCUT2D eigenvalue weighted by Gasteiger charge is -2.26. The van der Waals surface area contributed by atoms with Crippen LogP contribution in [0, 0.1) is 0 Å². The lowest BCUT2D eigenvalue weighted by molar-refractivity contribution is 1.19. The summed E-state index contributed by atoms with van der Waals surface area (Å²) < 4.78 is 2.42. The van der Waals surface area contributed by atoms with E-state index >= 15 is 0 Å². The van der Waals surface area contributed by atoms with E-state index in [4.69, 9.17) is 0 Å². The van der Waals surface area contributed by atoms with E-state index < -0.39 is 0 Å². The molecule has 0 aliphatic heterocycles. The first-order valence-electron chi connectivity index (χ1n) is 17.8. The predicted octanol–water partition coefficient (Wildman–Crippen LogP) is 13.9. The molecule has 9 aromatic carbocycles. The lowest BCUT2D eigenvalue weighted by Crippen LogP contribution is -2.10. The first-order valence-corrected chi connectivity index (χ1v) is 17.8. The van der Waals surface area contributed by atoms with Crippen LogP contribution in [0.25, 0.3) is 71.3 Å². The van der Waals surface area contributed by atoms with Crippen molar-refractivity contribution in [2.45, 2.75) is 0 Å². The summed E-state index contributed by atoms with van der Waals surface area (Å²) >= 11 is 0. The Morgan fingerprint density at radius 3 is 1.60 bits per heavy atom. The average molecular weight is 663 g/mol. The second kappa shape index (κ2) is 12.5. The minimum absolute atomic E-state index is 1.10. The zero-order valence-electron chi connectivity index (χ0n) is 28.5. The minimum atomic E-state index is 1.10. The van der Waals surface area contributed by atoms with Crippen molar-refractivity contribution in [3.05, 3.63) is 206 Å². The summed E-state index contributed by atoms with van der Waals surface area (Å²) in [5.74, 6) is 0. The molecule has 0 saturated carbocycles. The monoisotopic (exact) mass is 662 g/mol. The second-order valence-corrected chi connectivity index (χ2v) is 13.4. The molecule has 2 nitrogen and oxygen atoms in total. The molecule has 0 N–H and O–H groups in total. The van der Waals surface area contributed by atoms with E-state index in [1.54, 1.807) is 0 Å². The number of anilines is 3. The summed E-state index contributed by atoms with van der Waals surface area (Å²) in [6.07, 6.45) is 0. The Hall–Kier alpha value is -6.90. The Balaban J connectivity index is 1.16. The summed E-state index contributed by atoms with van der Waals surface area (Å²) in [6, 6.07) is 74.7. The van der Waals surface area contributed by atoms with Gasteiger partial charge in [-0.3, -0.25) is 0 Å². The molecule has 0 unspecified atom stereocenters. The summed E-state index contributed by atoms with van der Waals surface area (Å²) in [6.45, 7) is 0. The molecule has 0 amide bonds. The SMILES string of the molecule is c1ccc(-c2ccc(N(c3ccc(-c4ccc5ccccc5c4)cc3)c3ccc4ccc5c6ccccc6n(-c6ccccc6)c5c4c3)cc2)cc1. The van der Waals surface area contributed by atoms with Crippen LogP contribution < -0.4 is 4.90 Å². The number of para-hydroxylation sites is 2. The Labute approximate surface area is 303 Å². The number of nitrogens with zero attached hydrogens (tertiary/aromatic N) is 2. The first-order chi connectivity index (χ1) is 25.8. The topological polar surface area (TPSA) is 8.17 Å². The maximum Gasteiger partial charge on any atom is 0.0620 e. The standard InChI is InChI=1S/C50H34N2/c1-3-11-35(12-4-1)37-21-27-43(28-22-37)51(44-29-23-38(24-30-44)41-20-19-36-13-7-8-14-40(36)33-41)45-31-25-39-26-32-47-46-17-9-10-18-49(46)52(50(47)48(39)34-45)42-15-5-2-6-16-42/h1-34H. The molecular weight excluding hydrogens is 629 g/mol. The van der Waals surface area contributed by atoms with Crippen molar-refractivity contribution in [3.8, 4) is 27.9 Å². The molecule has 1 aromatic heterocycles. The van der Waals surface area contributed by atoms with Crippen molar-refractivity contribution in [2.75, 3.05) is 4.90 Å². The highest BCUT2D eigenvalue weighted by atomic mass is 15.1. The van der Waals surface area contributed by atoms with Crippen molar-refractivity contribution in [1.82, 2.24) is 4.57 Å². The van der Waals surface area contributed by atoms with Gasteiger partial charge < -0.3 is 9.47 Å². The maximum atomic E-state index is 2.42. The number of fused-ring (bicyclic) bond motifs is 6. The molecule has 10 rings (SSSR count). The summed E-state index contributed by atoms with van der Waals surface area (Å²) in [5, 5.41) is 7.44. The van der Waals surface area contributed by atoms with Gasteiger partial charge in [0.1, 0.15) is 0 Å². The second-order valence-electron chi connectivity index (χ2n) is 13.4. The van der Waals surface area contributed by atoms with Crippen LogP contribution in [-0.2, 0) is 0 Å². The first kappa shape index (κ1) is 30.0. The number of hydrogen-bond acceptors (Lipinski definition) is 1. The molecule has 1 heterocycles. The highest BCUT2D eigenvalue weighted by Gasteiger charge is 2.18. The highest BCUT2D eigenvalue weighted by Crippen LogP contribution is 2.42. The molecule has 0 bridgehead atoms. The fourth-order valence-corrected chi connectivity index (χ4v) is 7.80. The van der Waals surface area contributed by atoms with Gasteiger partial charge in [-0.25, -0.2) is 0 Å². The Morgan fingerprint density at radius 1 is 0.308 bits per heavy atom. The smallest absolute Gasteiger partial charge is 0.0620 e. The van der Waals surface area contributed by atoms with Gasteiger partial charge in [-0.05, 0) is 99.1 Å². The van der Waals surface area contributed by atoms with Crippen LogP contribution in [0.5, 0.6) is 0 Å². The zero-order chi connectivity index (χ0) is 34.4. The summed E-state index contributed by atoms with van der Waals surface area (Å²) in [4.78, 5) is 2.38. The molecule has 0 fully saturated rings. The molecular formula is C50H34N2. The molecule has 10 aromatic rings.